The molecular weight excluding hydrogens is 216 g/mol. The van der Waals surface area contributed by atoms with Crippen LogP contribution < -0.4 is 5.73 Å². The molecule has 1 fully saturated rings. The van der Waals surface area contributed by atoms with Gasteiger partial charge in [0.1, 0.15) is 0 Å². The van der Waals surface area contributed by atoms with Gasteiger partial charge in [0, 0.05) is 24.9 Å². The molecule has 2 rings (SSSR count). The lowest BCUT2D eigenvalue weighted by Gasteiger charge is -2.23. The molecule has 0 aromatic heterocycles. The first-order valence-electron chi connectivity index (χ1n) is 5.85. The zero-order valence-electron chi connectivity index (χ0n) is 9.86. The van der Waals surface area contributed by atoms with E-state index in [2.05, 4.69) is 48.0 Å². The lowest BCUT2D eigenvalue weighted by Crippen LogP contribution is -2.30. The van der Waals surface area contributed by atoms with Crippen molar-refractivity contribution in [3.8, 4) is 0 Å². The maximum absolute atomic E-state index is 5.59. The van der Waals surface area contributed by atoms with Crippen LogP contribution in [0.5, 0.6) is 0 Å². The molecular formula is C13H20N2S. The maximum Gasteiger partial charge on any atom is 0.0233 e. The molecule has 0 bridgehead atoms. The van der Waals surface area contributed by atoms with Gasteiger partial charge >= 0.3 is 0 Å². The van der Waals surface area contributed by atoms with E-state index in [9.17, 15) is 0 Å². The van der Waals surface area contributed by atoms with Gasteiger partial charge in [-0.2, -0.15) is 11.8 Å². The summed E-state index contributed by atoms with van der Waals surface area (Å²) in [4.78, 5) is 2.47. The van der Waals surface area contributed by atoms with Crippen molar-refractivity contribution >= 4 is 11.8 Å². The minimum atomic E-state index is 0.634. The molecule has 1 atom stereocenters. The number of nitrogens with zero attached hydrogens (tertiary/aromatic N) is 1. The molecule has 0 radical (unpaired) electrons. The molecule has 1 saturated heterocycles. The van der Waals surface area contributed by atoms with E-state index in [1.54, 1.807) is 0 Å². The van der Waals surface area contributed by atoms with Gasteiger partial charge in [0.05, 0.1) is 0 Å². The average molecular weight is 236 g/mol. The summed E-state index contributed by atoms with van der Waals surface area (Å²) >= 11 is 2.07. The van der Waals surface area contributed by atoms with Crippen molar-refractivity contribution < 1.29 is 0 Å². The van der Waals surface area contributed by atoms with Crippen molar-refractivity contribution in [2.75, 3.05) is 18.6 Å². The van der Waals surface area contributed by atoms with Crippen molar-refractivity contribution in [1.29, 1.82) is 0 Å². The summed E-state index contributed by atoms with van der Waals surface area (Å²) in [6.45, 7) is 1.69. The summed E-state index contributed by atoms with van der Waals surface area (Å²) in [6, 6.07) is 9.42. The van der Waals surface area contributed by atoms with Gasteiger partial charge in [0.15, 0.2) is 0 Å². The fourth-order valence-corrected chi connectivity index (χ4v) is 3.37. The first-order chi connectivity index (χ1) is 7.79. The number of benzene rings is 1. The number of hydrogen-bond donors (Lipinski definition) is 1. The Bertz CT molecular complexity index is 317. The molecule has 1 unspecified atom stereocenters. The molecule has 16 heavy (non-hydrogen) atoms. The second-order valence-corrected chi connectivity index (χ2v) is 5.60. The third-order valence-electron chi connectivity index (χ3n) is 3.22. The van der Waals surface area contributed by atoms with Crippen molar-refractivity contribution in [2.24, 2.45) is 5.73 Å². The Kier molecular flexibility index (Phi) is 4.27. The highest BCUT2D eigenvalue weighted by Gasteiger charge is 2.19. The van der Waals surface area contributed by atoms with Crippen molar-refractivity contribution in [1.82, 2.24) is 4.90 Å². The second kappa shape index (κ2) is 5.71. The minimum absolute atomic E-state index is 0.634. The van der Waals surface area contributed by atoms with Gasteiger partial charge < -0.3 is 5.73 Å². The van der Waals surface area contributed by atoms with Gasteiger partial charge in [0.25, 0.3) is 0 Å². The summed E-state index contributed by atoms with van der Waals surface area (Å²) < 4.78 is 0. The largest absolute Gasteiger partial charge is 0.326 e. The molecule has 88 valence electrons. The SMILES string of the molecule is CN(Cc1ccc(CN)cc1)C1CCSC1. The van der Waals surface area contributed by atoms with E-state index in [-0.39, 0.29) is 0 Å². The highest BCUT2D eigenvalue weighted by atomic mass is 32.2. The Morgan fingerprint density at radius 3 is 2.56 bits per heavy atom. The van der Waals surface area contributed by atoms with Crippen molar-refractivity contribution in [2.45, 2.75) is 25.6 Å². The molecule has 1 aliphatic heterocycles. The summed E-state index contributed by atoms with van der Waals surface area (Å²) in [7, 11) is 2.23. The molecule has 2 N–H and O–H groups in total. The predicted octanol–water partition coefficient (Wildman–Crippen LogP) is 2.08. The van der Waals surface area contributed by atoms with E-state index in [4.69, 9.17) is 5.73 Å². The van der Waals surface area contributed by atoms with Gasteiger partial charge in [0.2, 0.25) is 0 Å². The van der Waals surface area contributed by atoms with Crippen LogP contribution in [0.2, 0.25) is 0 Å². The topological polar surface area (TPSA) is 29.3 Å². The van der Waals surface area contributed by atoms with Crippen molar-refractivity contribution in [3.05, 3.63) is 35.4 Å². The average Bonchev–Trinajstić information content (AvgIpc) is 2.83. The molecule has 3 heteroatoms. The van der Waals surface area contributed by atoms with Gasteiger partial charge in [-0.15, -0.1) is 0 Å². The lowest BCUT2D eigenvalue weighted by atomic mass is 10.1. The molecule has 0 saturated carbocycles. The van der Waals surface area contributed by atoms with Crippen LogP contribution in [-0.4, -0.2) is 29.5 Å². The molecule has 1 aliphatic rings. The number of nitrogens with two attached hydrogens (primary N) is 1. The van der Waals surface area contributed by atoms with Crippen LogP contribution in [0.1, 0.15) is 17.5 Å². The maximum atomic E-state index is 5.59. The fourth-order valence-electron chi connectivity index (χ4n) is 2.07. The van der Waals surface area contributed by atoms with Gasteiger partial charge in [-0.1, -0.05) is 24.3 Å². The van der Waals surface area contributed by atoms with Gasteiger partial charge in [-0.25, -0.2) is 0 Å². The van der Waals surface area contributed by atoms with E-state index in [1.807, 2.05) is 0 Å². The van der Waals surface area contributed by atoms with E-state index in [1.165, 1.54) is 29.1 Å². The van der Waals surface area contributed by atoms with Crippen molar-refractivity contribution in [3.63, 3.8) is 0 Å². The van der Waals surface area contributed by atoms with E-state index < -0.39 is 0 Å². The molecule has 0 amide bonds. The van der Waals surface area contributed by atoms with E-state index in [0.717, 1.165) is 12.6 Å². The summed E-state index contributed by atoms with van der Waals surface area (Å²) in [6.07, 6.45) is 1.34. The summed E-state index contributed by atoms with van der Waals surface area (Å²) in [5.41, 5.74) is 8.18. The highest BCUT2D eigenvalue weighted by molar-refractivity contribution is 7.99. The van der Waals surface area contributed by atoms with E-state index in [0.29, 0.717) is 6.54 Å². The van der Waals surface area contributed by atoms with Crippen LogP contribution in [0.25, 0.3) is 0 Å². The van der Waals surface area contributed by atoms with Crippen LogP contribution in [0.4, 0.5) is 0 Å². The third kappa shape index (κ3) is 3.00. The highest BCUT2D eigenvalue weighted by Crippen LogP contribution is 2.22. The molecule has 1 aromatic carbocycles. The van der Waals surface area contributed by atoms with Crippen LogP contribution in [0.3, 0.4) is 0 Å². The predicted molar refractivity (Wildman–Crippen MR) is 71.5 cm³/mol. The van der Waals surface area contributed by atoms with Crippen LogP contribution in [0.15, 0.2) is 24.3 Å². The molecule has 0 spiro atoms. The second-order valence-electron chi connectivity index (χ2n) is 4.45. The normalized spacial score (nSPS) is 20.6. The summed E-state index contributed by atoms with van der Waals surface area (Å²) in [5.74, 6) is 2.61. The standard InChI is InChI=1S/C13H20N2S/c1-15(13-6-7-16-10-13)9-12-4-2-11(8-14)3-5-12/h2-5,13H,6-10,14H2,1H3. The Morgan fingerprint density at radius 1 is 1.31 bits per heavy atom. The molecule has 2 nitrogen and oxygen atoms in total. The van der Waals surface area contributed by atoms with Crippen LogP contribution in [0, 0.1) is 0 Å². The Hall–Kier alpha value is -0.510. The first kappa shape index (κ1) is 12.0. The minimum Gasteiger partial charge on any atom is -0.326 e. The zero-order valence-corrected chi connectivity index (χ0v) is 10.7. The van der Waals surface area contributed by atoms with Crippen LogP contribution >= 0.6 is 11.8 Å². The van der Waals surface area contributed by atoms with Gasteiger partial charge in [-0.05, 0) is 30.3 Å². The smallest absolute Gasteiger partial charge is 0.0233 e. The Morgan fingerprint density at radius 2 is 2.00 bits per heavy atom. The van der Waals surface area contributed by atoms with Crippen LogP contribution in [-0.2, 0) is 13.1 Å². The lowest BCUT2D eigenvalue weighted by molar-refractivity contribution is 0.254. The number of hydrogen-bond acceptors (Lipinski definition) is 3. The quantitative estimate of drug-likeness (QED) is 0.868. The Balaban J connectivity index is 1.92. The summed E-state index contributed by atoms with van der Waals surface area (Å²) in [5, 5.41) is 0. The number of thioether (sulfide) groups is 1. The van der Waals surface area contributed by atoms with Gasteiger partial charge in [-0.3, -0.25) is 4.90 Å². The fraction of sp³-hybridized carbons (Fsp3) is 0.538. The Labute approximate surface area is 102 Å². The molecule has 0 aliphatic carbocycles. The monoisotopic (exact) mass is 236 g/mol. The first-order valence-corrected chi connectivity index (χ1v) is 7.01. The number of rotatable bonds is 4. The zero-order chi connectivity index (χ0) is 11.4. The van der Waals surface area contributed by atoms with E-state index >= 15 is 0 Å². The molecule has 1 heterocycles. The third-order valence-corrected chi connectivity index (χ3v) is 4.36. The molecule has 1 aromatic rings.